The first-order valence-electron chi connectivity index (χ1n) is 10.1. The van der Waals surface area contributed by atoms with Crippen LogP contribution in [-0.2, 0) is 17.9 Å². The van der Waals surface area contributed by atoms with Crippen LogP contribution in [0.5, 0.6) is 0 Å². The van der Waals surface area contributed by atoms with E-state index in [0.717, 1.165) is 6.07 Å². The number of nitrogens with one attached hydrogen (secondary N) is 1. The van der Waals surface area contributed by atoms with Gasteiger partial charge >= 0.3 is 0 Å². The molecule has 0 bridgehead atoms. The smallest absolute Gasteiger partial charge is 0.251 e. The highest BCUT2D eigenvalue weighted by molar-refractivity contribution is 5.99. The number of amides is 2. The van der Waals surface area contributed by atoms with Gasteiger partial charge in [-0.2, -0.15) is 0 Å². The van der Waals surface area contributed by atoms with E-state index in [1.54, 1.807) is 12.1 Å². The molecule has 0 aromatic heterocycles. The largest absolute Gasteiger partial charge is 0.369 e. The maximum absolute atomic E-state index is 14.2. The van der Waals surface area contributed by atoms with Gasteiger partial charge in [-0.05, 0) is 54.3 Å². The standard InChI is InChI=1S/C23H26F2N4O2/c1-14(2)23(3)11-20(30)29(22(26)28-23)13-16-7-17(10-19(25)9-16)21(31)27-12-15-5-4-6-18(24)8-15/h4-10,14H,11-13H2,1-3H3,(H2,26,28)(H,27,31). The molecule has 31 heavy (non-hydrogen) atoms. The van der Waals surface area contributed by atoms with Gasteiger partial charge in [0, 0.05) is 12.1 Å². The number of hydrogen-bond donors (Lipinski definition) is 2. The van der Waals surface area contributed by atoms with Crippen LogP contribution in [0.15, 0.2) is 47.5 Å². The molecule has 0 aliphatic carbocycles. The zero-order valence-corrected chi connectivity index (χ0v) is 17.8. The lowest BCUT2D eigenvalue weighted by atomic mass is 9.84. The molecule has 6 nitrogen and oxygen atoms in total. The summed E-state index contributed by atoms with van der Waals surface area (Å²) in [4.78, 5) is 31.0. The van der Waals surface area contributed by atoms with Gasteiger partial charge in [-0.15, -0.1) is 0 Å². The molecule has 2 aromatic rings. The summed E-state index contributed by atoms with van der Waals surface area (Å²) in [5, 5.41) is 2.64. The van der Waals surface area contributed by atoms with Gasteiger partial charge in [0.25, 0.3) is 5.91 Å². The normalized spacial score (nSPS) is 18.8. The molecule has 164 valence electrons. The number of carbonyl (C=O) groups is 2. The number of hydrogen-bond acceptors (Lipinski definition) is 4. The van der Waals surface area contributed by atoms with Crippen LogP contribution in [0.3, 0.4) is 0 Å². The van der Waals surface area contributed by atoms with Crippen molar-refractivity contribution in [3.8, 4) is 0 Å². The summed E-state index contributed by atoms with van der Waals surface area (Å²) in [5.74, 6) is -1.53. The average molecular weight is 428 g/mol. The van der Waals surface area contributed by atoms with Crippen LogP contribution in [0.4, 0.5) is 8.78 Å². The summed E-state index contributed by atoms with van der Waals surface area (Å²) in [7, 11) is 0. The van der Waals surface area contributed by atoms with Crippen molar-refractivity contribution in [2.24, 2.45) is 16.6 Å². The molecule has 1 unspecified atom stereocenters. The topological polar surface area (TPSA) is 87.8 Å². The predicted octanol–water partition coefficient (Wildman–Crippen LogP) is 3.36. The van der Waals surface area contributed by atoms with E-state index in [0.29, 0.717) is 11.1 Å². The zero-order valence-electron chi connectivity index (χ0n) is 17.8. The summed E-state index contributed by atoms with van der Waals surface area (Å²) >= 11 is 0. The second kappa shape index (κ2) is 8.83. The molecule has 2 aromatic carbocycles. The molecular weight excluding hydrogens is 402 g/mol. The van der Waals surface area contributed by atoms with Gasteiger partial charge in [-0.25, -0.2) is 13.8 Å². The maximum Gasteiger partial charge on any atom is 0.251 e. The molecule has 0 radical (unpaired) electrons. The highest BCUT2D eigenvalue weighted by Crippen LogP contribution is 2.30. The predicted molar refractivity (Wildman–Crippen MR) is 114 cm³/mol. The molecule has 3 N–H and O–H groups in total. The van der Waals surface area contributed by atoms with E-state index < -0.39 is 23.1 Å². The van der Waals surface area contributed by atoms with Crippen molar-refractivity contribution in [1.82, 2.24) is 10.2 Å². The third kappa shape index (κ3) is 5.25. The van der Waals surface area contributed by atoms with Crippen LogP contribution in [0, 0.1) is 17.6 Å². The van der Waals surface area contributed by atoms with Crippen LogP contribution in [0.25, 0.3) is 0 Å². The van der Waals surface area contributed by atoms with Crippen LogP contribution in [0.1, 0.15) is 48.7 Å². The fraction of sp³-hybridized carbons (Fsp3) is 0.348. The molecule has 1 atom stereocenters. The van der Waals surface area contributed by atoms with Crippen molar-refractivity contribution in [2.45, 2.75) is 45.8 Å². The quantitative estimate of drug-likeness (QED) is 0.740. The second-order valence-corrected chi connectivity index (χ2v) is 8.30. The summed E-state index contributed by atoms with van der Waals surface area (Å²) in [6.07, 6.45) is 0.196. The molecule has 3 rings (SSSR count). The molecule has 1 aliphatic heterocycles. The molecule has 2 amide bonds. The number of halogens is 2. The molecule has 1 aliphatic rings. The lowest BCUT2D eigenvalue weighted by Gasteiger charge is -2.37. The fourth-order valence-corrected chi connectivity index (χ4v) is 3.38. The molecule has 0 saturated carbocycles. The van der Waals surface area contributed by atoms with Crippen LogP contribution in [-0.4, -0.2) is 28.2 Å². The first-order chi connectivity index (χ1) is 14.6. The van der Waals surface area contributed by atoms with Crippen LogP contribution >= 0.6 is 0 Å². The number of guanidine groups is 1. The van der Waals surface area contributed by atoms with E-state index in [9.17, 15) is 18.4 Å². The molecular formula is C23H26F2N4O2. The minimum atomic E-state index is -0.611. The number of benzene rings is 2. The minimum absolute atomic E-state index is 0.00424. The van der Waals surface area contributed by atoms with Crippen molar-refractivity contribution in [3.63, 3.8) is 0 Å². The van der Waals surface area contributed by atoms with E-state index in [2.05, 4.69) is 10.3 Å². The van der Waals surface area contributed by atoms with E-state index in [1.165, 1.54) is 29.2 Å². The Morgan fingerprint density at radius 2 is 1.90 bits per heavy atom. The lowest BCUT2D eigenvalue weighted by molar-refractivity contribution is -0.130. The molecule has 0 fully saturated rings. The van der Waals surface area contributed by atoms with Gasteiger partial charge in [-0.3, -0.25) is 14.5 Å². The third-order valence-corrected chi connectivity index (χ3v) is 5.60. The summed E-state index contributed by atoms with van der Waals surface area (Å²) < 4.78 is 27.5. The van der Waals surface area contributed by atoms with Gasteiger partial charge in [0.1, 0.15) is 11.6 Å². The van der Waals surface area contributed by atoms with Crippen LogP contribution < -0.4 is 11.1 Å². The molecule has 8 heteroatoms. The van der Waals surface area contributed by atoms with Gasteiger partial charge in [-0.1, -0.05) is 26.0 Å². The number of rotatable bonds is 6. The van der Waals surface area contributed by atoms with Crippen molar-refractivity contribution < 1.29 is 18.4 Å². The maximum atomic E-state index is 14.2. The van der Waals surface area contributed by atoms with Crippen molar-refractivity contribution in [2.75, 3.05) is 0 Å². The Morgan fingerprint density at radius 1 is 1.19 bits per heavy atom. The van der Waals surface area contributed by atoms with E-state index >= 15 is 0 Å². The highest BCUT2D eigenvalue weighted by Gasteiger charge is 2.38. The number of carbonyl (C=O) groups excluding carboxylic acids is 2. The molecule has 0 saturated heterocycles. The Bertz CT molecular complexity index is 1040. The van der Waals surface area contributed by atoms with E-state index in [1.807, 2.05) is 20.8 Å². The number of nitrogens with two attached hydrogens (primary N) is 1. The Hall–Kier alpha value is -3.29. The van der Waals surface area contributed by atoms with Crippen molar-refractivity contribution >= 4 is 17.8 Å². The molecule has 0 spiro atoms. The Kier molecular flexibility index (Phi) is 6.38. The summed E-state index contributed by atoms with van der Waals surface area (Å²) in [5.41, 5.74) is 6.55. The van der Waals surface area contributed by atoms with Crippen molar-refractivity contribution in [3.05, 3.63) is 70.8 Å². The first-order valence-corrected chi connectivity index (χ1v) is 10.1. The lowest BCUT2D eigenvalue weighted by Crippen LogP contribution is -2.51. The SMILES string of the molecule is CC(C)C1(C)CC(=O)N(Cc2cc(F)cc(C(=O)NCc3cccc(F)c3)c2)C(N)=N1. The zero-order chi connectivity index (χ0) is 22.8. The Balaban J connectivity index is 1.75. The number of nitrogens with zero attached hydrogens (tertiary/aromatic N) is 2. The fourth-order valence-electron chi connectivity index (χ4n) is 3.38. The number of aliphatic imine (C=N–C) groups is 1. The highest BCUT2D eigenvalue weighted by atomic mass is 19.1. The van der Waals surface area contributed by atoms with E-state index in [4.69, 9.17) is 5.73 Å². The minimum Gasteiger partial charge on any atom is -0.369 e. The van der Waals surface area contributed by atoms with Gasteiger partial charge in [0.05, 0.1) is 18.5 Å². The Labute approximate surface area is 180 Å². The van der Waals surface area contributed by atoms with Gasteiger partial charge in [0.2, 0.25) is 5.91 Å². The van der Waals surface area contributed by atoms with E-state index in [-0.39, 0.29) is 42.9 Å². The summed E-state index contributed by atoms with van der Waals surface area (Å²) in [6, 6.07) is 9.70. The monoisotopic (exact) mass is 428 g/mol. The summed E-state index contributed by atoms with van der Waals surface area (Å²) in [6.45, 7) is 5.93. The third-order valence-electron chi connectivity index (χ3n) is 5.60. The average Bonchev–Trinajstić information content (AvgIpc) is 2.68. The van der Waals surface area contributed by atoms with Crippen molar-refractivity contribution in [1.29, 1.82) is 0 Å². The van der Waals surface area contributed by atoms with Gasteiger partial charge in [0.15, 0.2) is 5.96 Å². The van der Waals surface area contributed by atoms with Gasteiger partial charge < -0.3 is 11.1 Å². The second-order valence-electron chi connectivity index (χ2n) is 8.30. The molecule has 1 heterocycles. The van der Waals surface area contributed by atoms with Crippen LogP contribution in [0.2, 0.25) is 0 Å². The Morgan fingerprint density at radius 3 is 2.55 bits per heavy atom. The first kappa shape index (κ1) is 22.4.